The summed E-state index contributed by atoms with van der Waals surface area (Å²) < 4.78 is 21.5. The summed E-state index contributed by atoms with van der Waals surface area (Å²) in [5.41, 5.74) is 5.47. The lowest BCUT2D eigenvalue weighted by atomic mass is 9.99. The van der Waals surface area contributed by atoms with Crippen molar-refractivity contribution in [1.29, 1.82) is 0 Å². The summed E-state index contributed by atoms with van der Waals surface area (Å²) in [5, 5.41) is 6.28. The zero-order valence-electron chi connectivity index (χ0n) is 21.0. The SMILES string of the molecule is O=C1NCc2c(-c3cnc4cc(F)ccn34)ccc(Nc3ccc(N4CCO[C@@H](CCC5CC5)C4)cn3)c21. The third kappa shape index (κ3) is 4.36. The quantitative estimate of drug-likeness (QED) is 0.366. The average Bonchev–Trinajstić information content (AvgIpc) is 3.56. The maximum absolute atomic E-state index is 13.7. The van der Waals surface area contributed by atoms with E-state index in [0.717, 1.165) is 54.5 Å². The van der Waals surface area contributed by atoms with Crippen LogP contribution in [0.25, 0.3) is 16.9 Å². The van der Waals surface area contributed by atoms with Crippen LogP contribution in [0.2, 0.25) is 0 Å². The number of pyridine rings is 2. The number of fused-ring (bicyclic) bond motifs is 2. The van der Waals surface area contributed by atoms with Gasteiger partial charge >= 0.3 is 0 Å². The second-order valence-electron chi connectivity index (χ2n) is 10.4. The van der Waals surface area contributed by atoms with E-state index in [0.29, 0.717) is 29.3 Å². The van der Waals surface area contributed by atoms with E-state index in [-0.39, 0.29) is 17.8 Å². The number of amides is 1. The molecule has 0 spiro atoms. The van der Waals surface area contributed by atoms with Gasteiger partial charge in [0.1, 0.15) is 17.3 Å². The first-order chi connectivity index (χ1) is 18.6. The molecule has 3 aliphatic rings. The van der Waals surface area contributed by atoms with Crippen molar-refractivity contribution in [3.05, 3.63) is 71.9 Å². The van der Waals surface area contributed by atoms with Gasteiger partial charge in [0.25, 0.3) is 5.91 Å². The lowest BCUT2D eigenvalue weighted by Gasteiger charge is -2.34. The van der Waals surface area contributed by atoms with Gasteiger partial charge in [0.2, 0.25) is 0 Å². The molecule has 1 atom stereocenters. The lowest BCUT2D eigenvalue weighted by Crippen LogP contribution is -2.42. The highest BCUT2D eigenvalue weighted by Gasteiger charge is 2.28. The summed E-state index contributed by atoms with van der Waals surface area (Å²) in [6.07, 6.45) is 10.7. The first kappa shape index (κ1) is 23.2. The third-order valence-corrected chi connectivity index (χ3v) is 7.83. The summed E-state index contributed by atoms with van der Waals surface area (Å²) in [7, 11) is 0. The molecule has 38 heavy (non-hydrogen) atoms. The number of morpholine rings is 1. The Balaban J connectivity index is 1.11. The standard InChI is InChI=1S/C29H29FN6O2/c30-19-9-10-36-25(16-32-27(36)13-19)22-6-7-24(28-23(22)15-33-29(28)37)34-26-8-4-20(14-31-26)35-11-12-38-21(17-35)5-3-18-1-2-18/h4,6-10,13-14,16,18,21H,1-3,5,11-12,15,17H2,(H,31,34)(H,33,37)/t21-/m0/s1. The van der Waals surface area contributed by atoms with Crippen molar-refractivity contribution in [2.45, 2.75) is 38.3 Å². The fraction of sp³-hybridized carbons (Fsp3) is 0.345. The van der Waals surface area contributed by atoms with Gasteiger partial charge in [0.15, 0.2) is 0 Å². The Kier molecular flexibility index (Phi) is 5.73. The van der Waals surface area contributed by atoms with Crippen LogP contribution >= 0.6 is 0 Å². The molecule has 1 amide bonds. The largest absolute Gasteiger partial charge is 0.375 e. The molecule has 2 N–H and O–H groups in total. The number of imidazole rings is 1. The number of carbonyl (C=O) groups excluding carboxylic acids is 1. The second kappa shape index (κ2) is 9.40. The molecule has 1 saturated carbocycles. The van der Waals surface area contributed by atoms with Gasteiger partial charge in [0, 0.05) is 37.5 Å². The summed E-state index contributed by atoms with van der Waals surface area (Å²) in [6, 6.07) is 10.7. The molecule has 7 rings (SSSR count). The number of aromatic nitrogens is 3. The maximum Gasteiger partial charge on any atom is 0.254 e. The zero-order valence-corrected chi connectivity index (χ0v) is 21.0. The fourth-order valence-electron chi connectivity index (χ4n) is 5.59. The molecule has 8 nitrogen and oxygen atoms in total. The Hall–Kier alpha value is -3.98. The summed E-state index contributed by atoms with van der Waals surface area (Å²) in [5.74, 6) is 1.12. The van der Waals surface area contributed by atoms with Crippen LogP contribution in [-0.4, -0.2) is 46.1 Å². The van der Waals surface area contributed by atoms with Gasteiger partial charge < -0.3 is 20.3 Å². The van der Waals surface area contributed by atoms with E-state index >= 15 is 0 Å². The lowest BCUT2D eigenvalue weighted by molar-refractivity contribution is 0.0330. The molecule has 0 unspecified atom stereocenters. The predicted octanol–water partition coefficient (Wildman–Crippen LogP) is 4.92. The normalized spacial score (nSPS) is 19.0. The molecule has 0 radical (unpaired) electrons. The number of halogens is 1. The Morgan fingerprint density at radius 2 is 2.03 bits per heavy atom. The smallest absolute Gasteiger partial charge is 0.254 e. The molecule has 1 aromatic carbocycles. The van der Waals surface area contributed by atoms with Gasteiger partial charge in [-0.05, 0) is 48.6 Å². The number of benzene rings is 1. The van der Waals surface area contributed by atoms with Crippen molar-refractivity contribution in [2.75, 3.05) is 29.9 Å². The van der Waals surface area contributed by atoms with Gasteiger partial charge in [0.05, 0.1) is 47.7 Å². The third-order valence-electron chi connectivity index (χ3n) is 7.83. The number of ether oxygens (including phenoxy) is 1. The Labute approximate surface area is 219 Å². The van der Waals surface area contributed by atoms with Gasteiger partial charge in [-0.3, -0.25) is 9.20 Å². The van der Waals surface area contributed by atoms with E-state index in [2.05, 4.69) is 31.6 Å². The van der Waals surface area contributed by atoms with E-state index in [9.17, 15) is 9.18 Å². The predicted molar refractivity (Wildman–Crippen MR) is 143 cm³/mol. The Morgan fingerprint density at radius 1 is 1.11 bits per heavy atom. The van der Waals surface area contributed by atoms with Crippen LogP contribution in [0.15, 0.2) is 55.0 Å². The Morgan fingerprint density at radius 3 is 2.87 bits per heavy atom. The van der Waals surface area contributed by atoms with E-state index < -0.39 is 0 Å². The van der Waals surface area contributed by atoms with Gasteiger partial charge in [-0.1, -0.05) is 18.9 Å². The van der Waals surface area contributed by atoms with Crippen molar-refractivity contribution in [2.24, 2.45) is 5.92 Å². The second-order valence-corrected chi connectivity index (χ2v) is 10.4. The number of hydrogen-bond acceptors (Lipinski definition) is 6. The van der Waals surface area contributed by atoms with Crippen molar-refractivity contribution < 1.29 is 13.9 Å². The van der Waals surface area contributed by atoms with Crippen LogP contribution in [0, 0.1) is 11.7 Å². The van der Waals surface area contributed by atoms with Gasteiger partial charge in [-0.15, -0.1) is 0 Å². The minimum absolute atomic E-state index is 0.133. The molecule has 4 aromatic rings. The molecule has 194 valence electrons. The molecular weight excluding hydrogens is 483 g/mol. The van der Waals surface area contributed by atoms with Crippen molar-refractivity contribution in [3.63, 3.8) is 0 Å². The van der Waals surface area contributed by atoms with Crippen LogP contribution in [0.1, 0.15) is 41.6 Å². The van der Waals surface area contributed by atoms with Crippen LogP contribution < -0.4 is 15.5 Å². The molecule has 1 aliphatic carbocycles. The van der Waals surface area contributed by atoms with E-state index in [1.807, 2.05) is 28.8 Å². The van der Waals surface area contributed by atoms with E-state index in [4.69, 9.17) is 4.74 Å². The van der Waals surface area contributed by atoms with Gasteiger partial charge in [-0.25, -0.2) is 14.4 Å². The molecule has 2 fully saturated rings. The van der Waals surface area contributed by atoms with Crippen molar-refractivity contribution in [3.8, 4) is 11.3 Å². The summed E-state index contributed by atoms with van der Waals surface area (Å²) in [4.78, 5) is 24.2. The highest BCUT2D eigenvalue weighted by Crippen LogP contribution is 2.36. The number of anilines is 3. The van der Waals surface area contributed by atoms with E-state index in [1.54, 1.807) is 12.4 Å². The minimum atomic E-state index is -0.336. The summed E-state index contributed by atoms with van der Waals surface area (Å²) in [6.45, 7) is 2.91. The topological polar surface area (TPSA) is 83.8 Å². The number of nitrogens with zero attached hydrogens (tertiary/aromatic N) is 4. The summed E-state index contributed by atoms with van der Waals surface area (Å²) >= 11 is 0. The number of carbonyl (C=O) groups is 1. The maximum atomic E-state index is 13.7. The van der Waals surface area contributed by atoms with Crippen LogP contribution in [0.4, 0.5) is 21.6 Å². The molecule has 3 aromatic heterocycles. The fourth-order valence-corrected chi connectivity index (χ4v) is 5.59. The zero-order chi connectivity index (χ0) is 25.6. The highest BCUT2D eigenvalue weighted by molar-refractivity contribution is 6.06. The van der Waals surface area contributed by atoms with Crippen LogP contribution in [0.5, 0.6) is 0 Å². The number of hydrogen-bond donors (Lipinski definition) is 2. The van der Waals surface area contributed by atoms with Crippen molar-refractivity contribution >= 4 is 28.7 Å². The van der Waals surface area contributed by atoms with Crippen molar-refractivity contribution in [1.82, 2.24) is 19.7 Å². The molecule has 2 aliphatic heterocycles. The van der Waals surface area contributed by atoms with E-state index in [1.165, 1.54) is 31.4 Å². The Bertz CT molecular complexity index is 1510. The minimum Gasteiger partial charge on any atom is -0.375 e. The highest BCUT2D eigenvalue weighted by atomic mass is 19.1. The number of rotatable bonds is 7. The molecule has 1 saturated heterocycles. The monoisotopic (exact) mass is 512 g/mol. The number of nitrogens with one attached hydrogen (secondary N) is 2. The first-order valence-corrected chi connectivity index (χ1v) is 13.3. The van der Waals surface area contributed by atoms with Crippen LogP contribution in [-0.2, 0) is 11.3 Å². The van der Waals surface area contributed by atoms with Gasteiger partial charge in [-0.2, -0.15) is 0 Å². The molecular formula is C29H29FN6O2. The molecule has 5 heterocycles. The molecule has 9 heteroatoms. The average molecular weight is 513 g/mol. The van der Waals surface area contributed by atoms with Crippen LogP contribution in [0.3, 0.4) is 0 Å². The molecule has 0 bridgehead atoms. The first-order valence-electron chi connectivity index (χ1n) is 13.3.